The van der Waals surface area contributed by atoms with Gasteiger partial charge in [-0.05, 0) is 34.9 Å². The highest BCUT2D eigenvalue weighted by molar-refractivity contribution is 5.96. The average Bonchev–Trinajstić information content (AvgIpc) is 2.70. The summed E-state index contributed by atoms with van der Waals surface area (Å²) >= 11 is 0. The van der Waals surface area contributed by atoms with Crippen molar-refractivity contribution in [3.05, 3.63) is 95.6 Å². The summed E-state index contributed by atoms with van der Waals surface area (Å²) < 4.78 is 26.3. The van der Waals surface area contributed by atoms with Crippen LogP contribution in [0.5, 0.6) is 0 Å². The standard InChI is InChI=1S/C22H17F2NO3/c23-18-11-10-17(13-19(18)24)21(26)25-20(22(27)28)12-14-6-8-16(9-7-14)15-4-2-1-3-5-15/h1-11,13,20H,12H2,(H,25,26)(H,27,28)/t20-/m1/s1. The molecule has 1 atom stereocenters. The van der Waals surface area contributed by atoms with Gasteiger partial charge >= 0.3 is 5.97 Å². The summed E-state index contributed by atoms with van der Waals surface area (Å²) in [6.07, 6.45) is 0.0554. The summed E-state index contributed by atoms with van der Waals surface area (Å²) in [7, 11) is 0. The van der Waals surface area contributed by atoms with E-state index in [1.807, 2.05) is 42.5 Å². The average molecular weight is 381 g/mol. The Hall–Kier alpha value is -3.54. The zero-order chi connectivity index (χ0) is 20.1. The van der Waals surface area contributed by atoms with Gasteiger partial charge in [0.25, 0.3) is 5.91 Å². The molecule has 0 spiro atoms. The van der Waals surface area contributed by atoms with E-state index in [-0.39, 0.29) is 12.0 Å². The molecule has 1 amide bonds. The SMILES string of the molecule is O=C(N[C@H](Cc1ccc(-c2ccccc2)cc1)C(=O)O)c1ccc(F)c(F)c1. The van der Waals surface area contributed by atoms with Gasteiger partial charge in [-0.1, -0.05) is 54.6 Å². The quantitative estimate of drug-likeness (QED) is 0.677. The first kappa shape index (κ1) is 19.2. The second kappa shape index (κ2) is 8.43. The number of benzene rings is 3. The first-order chi connectivity index (χ1) is 13.4. The summed E-state index contributed by atoms with van der Waals surface area (Å²) in [6.45, 7) is 0. The fraction of sp³-hybridized carbons (Fsp3) is 0.0909. The monoisotopic (exact) mass is 381 g/mol. The van der Waals surface area contributed by atoms with Crippen LogP contribution in [0, 0.1) is 11.6 Å². The molecule has 28 heavy (non-hydrogen) atoms. The van der Waals surface area contributed by atoms with Crippen LogP contribution < -0.4 is 5.32 Å². The molecule has 142 valence electrons. The molecule has 3 aromatic carbocycles. The van der Waals surface area contributed by atoms with Gasteiger partial charge in [-0.3, -0.25) is 4.79 Å². The molecule has 2 N–H and O–H groups in total. The molecule has 0 radical (unpaired) electrons. The van der Waals surface area contributed by atoms with Crippen LogP contribution in [0.25, 0.3) is 11.1 Å². The van der Waals surface area contributed by atoms with E-state index in [1.165, 1.54) is 0 Å². The topological polar surface area (TPSA) is 66.4 Å². The third-order valence-electron chi connectivity index (χ3n) is 4.29. The minimum Gasteiger partial charge on any atom is -0.480 e. The highest BCUT2D eigenvalue weighted by atomic mass is 19.2. The summed E-state index contributed by atoms with van der Waals surface area (Å²) in [5.74, 6) is -4.25. The number of hydrogen-bond acceptors (Lipinski definition) is 2. The molecule has 6 heteroatoms. The third kappa shape index (κ3) is 4.59. The van der Waals surface area contributed by atoms with Crippen LogP contribution in [0.1, 0.15) is 15.9 Å². The molecule has 0 heterocycles. The second-order valence-electron chi connectivity index (χ2n) is 6.26. The van der Waals surface area contributed by atoms with Gasteiger partial charge in [-0.15, -0.1) is 0 Å². The van der Waals surface area contributed by atoms with Crippen LogP contribution in [0.3, 0.4) is 0 Å². The molecule has 0 bridgehead atoms. The summed E-state index contributed by atoms with van der Waals surface area (Å²) in [6, 6.07) is 18.5. The predicted molar refractivity (Wildman–Crippen MR) is 101 cm³/mol. The molecule has 0 aliphatic heterocycles. The number of carbonyl (C=O) groups is 2. The Balaban J connectivity index is 1.71. The second-order valence-corrected chi connectivity index (χ2v) is 6.26. The Morgan fingerprint density at radius 3 is 2.11 bits per heavy atom. The van der Waals surface area contributed by atoms with Crippen molar-refractivity contribution in [1.29, 1.82) is 0 Å². The summed E-state index contributed by atoms with van der Waals surface area (Å²) in [4.78, 5) is 23.7. The molecule has 3 aromatic rings. The highest BCUT2D eigenvalue weighted by Gasteiger charge is 2.22. The van der Waals surface area contributed by atoms with Crippen molar-refractivity contribution in [2.75, 3.05) is 0 Å². The first-order valence-electron chi connectivity index (χ1n) is 8.57. The van der Waals surface area contributed by atoms with Crippen molar-refractivity contribution in [3.8, 4) is 11.1 Å². The predicted octanol–water partition coefficient (Wildman–Crippen LogP) is 4.06. The number of aliphatic carboxylic acids is 1. The minimum atomic E-state index is -1.22. The van der Waals surface area contributed by atoms with Crippen LogP contribution in [0.4, 0.5) is 8.78 Å². The van der Waals surface area contributed by atoms with Crippen molar-refractivity contribution in [3.63, 3.8) is 0 Å². The van der Waals surface area contributed by atoms with E-state index in [1.54, 1.807) is 12.1 Å². The molecule has 4 nitrogen and oxygen atoms in total. The molecule has 3 rings (SSSR count). The molecular weight excluding hydrogens is 364 g/mol. The zero-order valence-electron chi connectivity index (χ0n) is 14.7. The molecule has 0 fully saturated rings. The van der Waals surface area contributed by atoms with E-state index < -0.39 is 29.6 Å². The van der Waals surface area contributed by atoms with Gasteiger partial charge in [-0.25, -0.2) is 13.6 Å². The number of hydrogen-bond donors (Lipinski definition) is 2. The number of halogens is 2. The van der Waals surface area contributed by atoms with Gasteiger partial charge in [0.15, 0.2) is 11.6 Å². The number of carboxylic acids is 1. The van der Waals surface area contributed by atoms with Crippen LogP contribution in [0.2, 0.25) is 0 Å². The maximum Gasteiger partial charge on any atom is 0.326 e. The van der Waals surface area contributed by atoms with Gasteiger partial charge in [0, 0.05) is 12.0 Å². The molecule has 0 unspecified atom stereocenters. The van der Waals surface area contributed by atoms with Gasteiger partial charge in [0.1, 0.15) is 6.04 Å². The van der Waals surface area contributed by atoms with Gasteiger partial charge in [-0.2, -0.15) is 0 Å². The van der Waals surface area contributed by atoms with E-state index in [9.17, 15) is 23.5 Å². The highest BCUT2D eigenvalue weighted by Crippen LogP contribution is 2.20. The van der Waals surface area contributed by atoms with E-state index >= 15 is 0 Å². The number of amides is 1. The van der Waals surface area contributed by atoms with E-state index in [4.69, 9.17) is 0 Å². The Morgan fingerprint density at radius 1 is 0.857 bits per heavy atom. The molecule has 0 saturated carbocycles. The Kier molecular flexibility index (Phi) is 5.79. The van der Waals surface area contributed by atoms with Crippen molar-refractivity contribution in [1.82, 2.24) is 5.32 Å². The van der Waals surface area contributed by atoms with Gasteiger partial charge in [0.05, 0.1) is 0 Å². The number of carbonyl (C=O) groups excluding carboxylic acids is 1. The molecule has 0 saturated heterocycles. The van der Waals surface area contributed by atoms with Crippen molar-refractivity contribution in [2.45, 2.75) is 12.5 Å². The molecular formula is C22H17F2NO3. The largest absolute Gasteiger partial charge is 0.480 e. The Morgan fingerprint density at radius 2 is 1.50 bits per heavy atom. The van der Waals surface area contributed by atoms with E-state index in [0.717, 1.165) is 34.9 Å². The number of rotatable bonds is 6. The molecule has 0 aromatic heterocycles. The minimum absolute atomic E-state index is 0.0554. The summed E-state index contributed by atoms with van der Waals surface area (Å²) in [5, 5.41) is 11.8. The molecule has 0 aliphatic carbocycles. The number of carboxylic acid groups (broad SMARTS) is 1. The van der Waals surface area contributed by atoms with E-state index in [2.05, 4.69) is 5.32 Å². The van der Waals surface area contributed by atoms with Crippen molar-refractivity contribution >= 4 is 11.9 Å². The Labute approximate surface area is 160 Å². The maximum absolute atomic E-state index is 13.3. The number of nitrogens with one attached hydrogen (secondary N) is 1. The third-order valence-corrected chi connectivity index (χ3v) is 4.29. The van der Waals surface area contributed by atoms with Gasteiger partial charge in [0.2, 0.25) is 0 Å². The molecule has 0 aliphatic rings. The first-order valence-corrected chi connectivity index (χ1v) is 8.57. The lowest BCUT2D eigenvalue weighted by molar-refractivity contribution is -0.139. The van der Waals surface area contributed by atoms with Gasteiger partial charge < -0.3 is 10.4 Å². The normalized spacial score (nSPS) is 11.6. The smallest absolute Gasteiger partial charge is 0.326 e. The fourth-order valence-electron chi connectivity index (χ4n) is 2.78. The lowest BCUT2D eigenvalue weighted by atomic mass is 10.0. The van der Waals surface area contributed by atoms with Crippen molar-refractivity contribution in [2.24, 2.45) is 0 Å². The van der Waals surface area contributed by atoms with Crippen LogP contribution >= 0.6 is 0 Å². The Bertz CT molecular complexity index is 988. The van der Waals surface area contributed by atoms with Crippen molar-refractivity contribution < 1.29 is 23.5 Å². The maximum atomic E-state index is 13.3. The zero-order valence-corrected chi connectivity index (χ0v) is 14.7. The van der Waals surface area contributed by atoms with Crippen LogP contribution in [-0.4, -0.2) is 23.0 Å². The van der Waals surface area contributed by atoms with E-state index in [0.29, 0.717) is 0 Å². The lowest BCUT2D eigenvalue weighted by Gasteiger charge is -2.15. The fourth-order valence-corrected chi connectivity index (χ4v) is 2.78. The van der Waals surface area contributed by atoms with Crippen LogP contribution in [0.15, 0.2) is 72.8 Å². The lowest BCUT2D eigenvalue weighted by Crippen LogP contribution is -2.42. The van der Waals surface area contributed by atoms with Crippen LogP contribution in [-0.2, 0) is 11.2 Å². The summed E-state index contributed by atoms with van der Waals surface area (Å²) in [5.41, 5.74) is 2.60.